The van der Waals surface area contributed by atoms with Crippen molar-refractivity contribution in [1.29, 1.82) is 0 Å². The van der Waals surface area contributed by atoms with Gasteiger partial charge >= 0.3 is 0 Å². The minimum absolute atomic E-state index is 0.0177. The molecule has 10 nitrogen and oxygen atoms in total. The van der Waals surface area contributed by atoms with Crippen LogP contribution in [0.15, 0.2) is 30.3 Å². The van der Waals surface area contributed by atoms with Crippen molar-refractivity contribution < 1.29 is 14.6 Å². The number of methoxy groups -OCH3 is 1. The number of aromatic nitrogens is 5. The smallest absolute Gasteiger partial charge is 0.233 e. The fourth-order valence-corrected chi connectivity index (χ4v) is 4.51. The van der Waals surface area contributed by atoms with E-state index >= 15 is 0 Å². The third kappa shape index (κ3) is 4.15. The van der Waals surface area contributed by atoms with E-state index in [4.69, 9.17) is 9.47 Å². The van der Waals surface area contributed by atoms with Gasteiger partial charge in [0.1, 0.15) is 11.6 Å². The molecule has 0 spiro atoms. The SMILES string of the molecule is COc1ccc(C(O)[C@H]2CCCN(c3nnnc4cc(N5CCOCC5)ccc34)C2)nn1. The maximum absolute atomic E-state index is 10.9. The van der Waals surface area contributed by atoms with E-state index in [1.165, 1.54) is 0 Å². The van der Waals surface area contributed by atoms with Crippen LogP contribution >= 0.6 is 0 Å². The van der Waals surface area contributed by atoms with Gasteiger partial charge < -0.3 is 24.4 Å². The summed E-state index contributed by atoms with van der Waals surface area (Å²) in [5, 5.41) is 32.7. The highest BCUT2D eigenvalue weighted by atomic mass is 16.5. The van der Waals surface area contributed by atoms with Crippen molar-refractivity contribution in [2.45, 2.75) is 18.9 Å². The van der Waals surface area contributed by atoms with Gasteiger partial charge in [0, 0.05) is 49.2 Å². The lowest BCUT2D eigenvalue weighted by Gasteiger charge is -2.35. The quantitative estimate of drug-likeness (QED) is 0.632. The molecule has 4 heterocycles. The molecule has 0 amide bonds. The van der Waals surface area contributed by atoms with E-state index in [0.29, 0.717) is 18.1 Å². The van der Waals surface area contributed by atoms with Gasteiger partial charge in [0.15, 0.2) is 5.82 Å². The number of hydrogen-bond acceptors (Lipinski definition) is 10. The Bertz CT molecular complexity index is 1060. The van der Waals surface area contributed by atoms with Crippen molar-refractivity contribution in [2.75, 3.05) is 56.3 Å². The number of benzene rings is 1. The van der Waals surface area contributed by atoms with Gasteiger partial charge in [-0.05, 0) is 42.3 Å². The lowest BCUT2D eigenvalue weighted by molar-refractivity contribution is 0.0930. The number of anilines is 2. The number of aliphatic hydroxyl groups is 1. The van der Waals surface area contributed by atoms with Gasteiger partial charge in [-0.1, -0.05) is 0 Å². The van der Waals surface area contributed by atoms with Crippen molar-refractivity contribution in [2.24, 2.45) is 5.92 Å². The highest BCUT2D eigenvalue weighted by Crippen LogP contribution is 2.33. The number of morpholine rings is 1. The Morgan fingerprint density at radius 1 is 1.03 bits per heavy atom. The van der Waals surface area contributed by atoms with E-state index in [9.17, 15) is 5.11 Å². The summed E-state index contributed by atoms with van der Waals surface area (Å²) in [7, 11) is 1.54. The zero-order chi connectivity index (χ0) is 21.9. The van der Waals surface area contributed by atoms with E-state index in [0.717, 1.165) is 68.1 Å². The van der Waals surface area contributed by atoms with E-state index in [1.807, 2.05) is 0 Å². The van der Waals surface area contributed by atoms with Gasteiger partial charge in [0.05, 0.1) is 26.0 Å². The molecule has 2 aliphatic heterocycles. The maximum atomic E-state index is 10.9. The largest absolute Gasteiger partial charge is 0.480 e. The predicted molar refractivity (Wildman–Crippen MR) is 119 cm³/mol. The molecule has 0 bridgehead atoms. The average Bonchev–Trinajstić information content (AvgIpc) is 2.88. The number of rotatable bonds is 5. The van der Waals surface area contributed by atoms with Gasteiger partial charge in [0.25, 0.3) is 0 Å². The zero-order valence-corrected chi connectivity index (χ0v) is 18.1. The lowest BCUT2D eigenvalue weighted by Crippen LogP contribution is -2.39. The predicted octanol–water partition coefficient (Wildman–Crippen LogP) is 1.61. The standard InChI is InChI=1S/C22H27N7O3/c1-31-20-7-6-18(23-25-20)21(30)15-3-2-8-29(14-15)22-17-5-4-16(13-19(17)24-27-26-22)28-9-11-32-12-10-28/h4-7,13,15,21,30H,2-3,8-12,14H2,1H3/t15-,21?/m0/s1. The summed E-state index contributed by atoms with van der Waals surface area (Å²) < 4.78 is 10.5. The first-order valence-electron chi connectivity index (χ1n) is 11.0. The molecule has 32 heavy (non-hydrogen) atoms. The molecule has 2 aromatic heterocycles. The first-order chi connectivity index (χ1) is 15.7. The Balaban J connectivity index is 1.36. The highest BCUT2D eigenvalue weighted by Gasteiger charge is 2.30. The summed E-state index contributed by atoms with van der Waals surface area (Å²) in [6.45, 7) is 4.74. The number of fused-ring (bicyclic) bond motifs is 1. The van der Waals surface area contributed by atoms with Gasteiger partial charge in [0.2, 0.25) is 5.88 Å². The van der Waals surface area contributed by atoms with Crippen LogP contribution < -0.4 is 14.5 Å². The van der Waals surface area contributed by atoms with Crippen LogP contribution in [0.4, 0.5) is 11.5 Å². The molecule has 0 aliphatic carbocycles. The van der Waals surface area contributed by atoms with Crippen LogP contribution in [0.3, 0.4) is 0 Å². The molecular weight excluding hydrogens is 410 g/mol. The minimum Gasteiger partial charge on any atom is -0.480 e. The van der Waals surface area contributed by atoms with Crippen LogP contribution in [0.1, 0.15) is 24.6 Å². The molecule has 2 fully saturated rings. The van der Waals surface area contributed by atoms with Crippen LogP contribution in [0.5, 0.6) is 5.88 Å². The fraction of sp³-hybridized carbons (Fsp3) is 0.500. The Labute approximate surface area is 186 Å². The molecule has 2 saturated heterocycles. The minimum atomic E-state index is -0.704. The molecule has 1 unspecified atom stereocenters. The van der Waals surface area contributed by atoms with Gasteiger partial charge in [-0.2, -0.15) is 0 Å². The van der Waals surface area contributed by atoms with Crippen molar-refractivity contribution in [3.8, 4) is 5.88 Å². The fourth-order valence-electron chi connectivity index (χ4n) is 4.51. The third-order valence-corrected chi connectivity index (χ3v) is 6.27. The van der Waals surface area contributed by atoms with E-state index in [2.05, 4.69) is 53.6 Å². The Kier molecular flexibility index (Phi) is 5.95. The van der Waals surface area contributed by atoms with Gasteiger partial charge in [-0.15, -0.1) is 20.4 Å². The van der Waals surface area contributed by atoms with Crippen molar-refractivity contribution in [3.05, 3.63) is 36.0 Å². The van der Waals surface area contributed by atoms with Crippen LogP contribution in [-0.2, 0) is 4.74 Å². The number of ether oxygens (including phenoxy) is 2. The van der Waals surface area contributed by atoms with E-state index in [-0.39, 0.29) is 5.92 Å². The molecule has 1 N–H and O–H groups in total. The van der Waals surface area contributed by atoms with Crippen molar-refractivity contribution >= 4 is 22.4 Å². The van der Waals surface area contributed by atoms with Crippen LogP contribution in [0, 0.1) is 5.92 Å². The summed E-state index contributed by atoms with van der Waals surface area (Å²) in [5.74, 6) is 1.26. The maximum Gasteiger partial charge on any atom is 0.233 e. The van der Waals surface area contributed by atoms with E-state index < -0.39 is 6.10 Å². The normalized spacial score (nSPS) is 20.4. The lowest BCUT2D eigenvalue weighted by atomic mass is 9.90. The third-order valence-electron chi connectivity index (χ3n) is 6.27. The molecule has 2 aliphatic rings. The molecule has 2 atom stereocenters. The highest BCUT2D eigenvalue weighted by molar-refractivity contribution is 5.91. The number of piperidine rings is 1. The number of hydrogen-bond donors (Lipinski definition) is 1. The van der Waals surface area contributed by atoms with Crippen LogP contribution in [0.25, 0.3) is 10.9 Å². The van der Waals surface area contributed by atoms with Crippen LogP contribution in [-0.4, -0.2) is 77.2 Å². The Morgan fingerprint density at radius 3 is 2.69 bits per heavy atom. The molecule has 1 aromatic carbocycles. The Morgan fingerprint density at radius 2 is 1.91 bits per heavy atom. The number of nitrogens with zero attached hydrogens (tertiary/aromatic N) is 7. The molecular formula is C22H27N7O3. The molecule has 5 rings (SSSR count). The second-order valence-electron chi connectivity index (χ2n) is 8.21. The summed E-state index contributed by atoms with van der Waals surface area (Å²) in [5.41, 5.74) is 2.50. The van der Waals surface area contributed by atoms with Crippen molar-refractivity contribution in [3.63, 3.8) is 0 Å². The molecule has 0 radical (unpaired) electrons. The first-order valence-corrected chi connectivity index (χ1v) is 11.0. The van der Waals surface area contributed by atoms with E-state index in [1.54, 1.807) is 19.2 Å². The van der Waals surface area contributed by atoms with Gasteiger partial charge in [-0.3, -0.25) is 0 Å². The monoisotopic (exact) mass is 437 g/mol. The second kappa shape index (κ2) is 9.17. The van der Waals surface area contributed by atoms with Gasteiger partial charge in [-0.25, -0.2) is 0 Å². The summed E-state index contributed by atoms with van der Waals surface area (Å²) in [6, 6.07) is 9.75. The van der Waals surface area contributed by atoms with Crippen LogP contribution in [0.2, 0.25) is 0 Å². The Hall–Kier alpha value is -3.11. The molecule has 0 saturated carbocycles. The van der Waals surface area contributed by atoms with Crippen molar-refractivity contribution in [1.82, 2.24) is 25.6 Å². The first kappa shape index (κ1) is 20.8. The zero-order valence-electron chi connectivity index (χ0n) is 18.1. The second-order valence-corrected chi connectivity index (χ2v) is 8.21. The number of aliphatic hydroxyl groups excluding tert-OH is 1. The molecule has 168 valence electrons. The molecule has 3 aromatic rings. The summed E-state index contributed by atoms with van der Waals surface area (Å²) in [4.78, 5) is 4.49. The topological polar surface area (TPSA) is 110 Å². The molecule has 10 heteroatoms. The summed E-state index contributed by atoms with van der Waals surface area (Å²) in [6.07, 6.45) is 1.15. The summed E-state index contributed by atoms with van der Waals surface area (Å²) >= 11 is 0. The average molecular weight is 438 g/mol.